The average Bonchev–Trinajstić information content (AvgIpc) is 2.87. The first-order valence-corrected chi connectivity index (χ1v) is 8.46. The molecule has 2 aliphatic carbocycles. The largest absolute Gasteiger partial charge is 0.297 e. The lowest BCUT2D eigenvalue weighted by Gasteiger charge is -2.43. The van der Waals surface area contributed by atoms with Crippen molar-refractivity contribution in [2.45, 2.75) is 44.1 Å². The highest BCUT2D eigenvalue weighted by Gasteiger charge is 2.39. The summed E-state index contributed by atoms with van der Waals surface area (Å²) >= 11 is 0. The monoisotopic (exact) mass is 279 g/mol. The zero-order valence-corrected chi connectivity index (χ0v) is 13.0. The number of fused-ring (bicyclic) bond motifs is 2. The molecule has 0 radical (unpaired) electrons. The lowest BCUT2D eigenvalue weighted by Crippen LogP contribution is -2.46. The van der Waals surface area contributed by atoms with Crippen LogP contribution >= 0.6 is 0 Å². The summed E-state index contributed by atoms with van der Waals surface area (Å²) in [5.41, 5.74) is 3.34. The Bertz CT molecular complexity index is 575. The smallest absolute Gasteiger partial charge is 0.0280 e. The normalized spacial score (nSPS) is 30.7. The van der Waals surface area contributed by atoms with Gasteiger partial charge in [0.25, 0.3) is 0 Å². The van der Waals surface area contributed by atoms with Crippen LogP contribution in [0.2, 0.25) is 0 Å². The van der Waals surface area contributed by atoms with E-state index >= 15 is 0 Å². The molecule has 1 aromatic carbocycles. The topological polar surface area (TPSA) is 3.24 Å². The van der Waals surface area contributed by atoms with E-state index in [1.807, 2.05) is 0 Å². The van der Waals surface area contributed by atoms with E-state index in [-0.39, 0.29) is 0 Å². The molecule has 1 aliphatic heterocycles. The third kappa shape index (κ3) is 2.28. The Morgan fingerprint density at radius 1 is 1.14 bits per heavy atom. The maximum absolute atomic E-state index is 2.71. The van der Waals surface area contributed by atoms with Gasteiger partial charge in [0.05, 0.1) is 0 Å². The minimum absolute atomic E-state index is 0.330. The van der Waals surface area contributed by atoms with Crippen LogP contribution in [0.15, 0.2) is 42.5 Å². The predicted molar refractivity (Wildman–Crippen MR) is 89.3 cm³/mol. The molecule has 4 rings (SSSR count). The maximum atomic E-state index is 2.71. The van der Waals surface area contributed by atoms with E-state index in [1.165, 1.54) is 44.3 Å². The highest BCUT2D eigenvalue weighted by atomic mass is 15.2. The van der Waals surface area contributed by atoms with E-state index in [9.17, 15) is 0 Å². The maximum Gasteiger partial charge on any atom is 0.0280 e. The molecule has 0 saturated carbocycles. The third-order valence-electron chi connectivity index (χ3n) is 5.78. The van der Waals surface area contributed by atoms with Gasteiger partial charge >= 0.3 is 0 Å². The molecule has 0 aromatic heterocycles. The van der Waals surface area contributed by atoms with E-state index in [4.69, 9.17) is 0 Å². The van der Waals surface area contributed by atoms with Gasteiger partial charge in [-0.2, -0.15) is 0 Å². The van der Waals surface area contributed by atoms with Crippen molar-refractivity contribution >= 4 is 6.08 Å². The number of rotatable bonds is 1. The average molecular weight is 279 g/mol. The number of allylic oxidation sites excluding steroid dienone is 2. The van der Waals surface area contributed by atoms with Gasteiger partial charge in [0.15, 0.2) is 0 Å². The lowest BCUT2D eigenvalue weighted by atomic mass is 9.74. The quantitative estimate of drug-likeness (QED) is 0.689. The van der Waals surface area contributed by atoms with Crippen molar-refractivity contribution in [1.29, 1.82) is 0 Å². The molecular weight excluding hydrogens is 254 g/mol. The van der Waals surface area contributed by atoms with Crippen molar-refractivity contribution < 1.29 is 0 Å². The summed E-state index contributed by atoms with van der Waals surface area (Å²) in [7, 11) is 0. The number of nitrogens with zero attached hydrogens (tertiary/aromatic N) is 1. The Hall–Kier alpha value is -1.34. The molecule has 1 heterocycles. The molecule has 0 N–H and O–H groups in total. The summed E-state index contributed by atoms with van der Waals surface area (Å²) in [6, 6.07) is 9.65. The molecule has 0 bridgehead atoms. The molecule has 110 valence electrons. The van der Waals surface area contributed by atoms with Crippen LogP contribution < -0.4 is 0 Å². The van der Waals surface area contributed by atoms with E-state index in [2.05, 4.69) is 60.4 Å². The first kappa shape index (κ1) is 13.3. The Balaban J connectivity index is 1.49. The summed E-state index contributed by atoms with van der Waals surface area (Å²) in [5.74, 6) is 0.850. The second-order valence-electron chi connectivity index (χ2n) is 7.18. The molecule has 1 aromatic rings. The summed E-state index contributed by atoms with van der Waals surface area (Å²) in [6.07, 6.45) is 14.8. The summed E-state index contributed by atoms with van der Waals surface area (Å²) in [5, 5.41) is 0. The lowest BCUT2D eigenvalue weighted by molar-refractivity contribution is 0.136. The fourth-order valence-corrected chi connectivity index (χ4v) is 4.45. The van der Waals surface area contributed by atoms with Crippen LogP contribution in [0, 0.1) is 5.92 Å². The van der Waals surface area contributed by atoms with Gasteiger partial charge in [-0.3, -0.25) is 4.90 Å². The van der Waals surface area contributed by atoms with Crippen LogP contribution in [-0.2, 0) is 5.41 Å². The number of piperidine rings is 1. The van der Waals surface area contributed by atoms with E-state index in [0.29, 0.717) is 11.5 Å². The molecule has 1 spiro atoms. The van der Waals surface area contributed by atoms with Crippen molar-refractivity contribution in [2.24, 2.45) is 5.92 Å². The molecule has 2 unspecified atom stereocenters. The molecule has 1 saturated heterocycles. The second-order valence-corrected chi connectivity index (χ2v) is 7.18. The van der Waals surface area contributed by atoms with Crippen LogP contribution in [0.3, 0.4) is 0 Å². The first-order valence-electron chi connectivity index (χ1n) is 8.46. The van der Waals surface area contributed by atoms with Gasteiger partial charge < -0.3 is 0 Å². The molecule has 1 fully saturated rings. The first-order chi connectivity index (χ1) is 10.3. The van der Waals surface area contributed by atoms with Gasteiger partial charge in [-0.25, -0.2) is 0 Å². The van der Waals surface area contributed by atoms with Crippen molar-refractivity contribution in [3.63, 3.8) is 0 Å². The van der Waals surface area contributed by atoms with E-state index in [1.54, 1.807) is 5.56 Å². The molecule has 3 aliphatic rings. The van der Waals surface area contributed by atoms with Crippen molar-refractivity contribution in [3.8, 4) is 0 Å². The van der Waals surface area contributed by atoms with E-state index < -0.39 is 0 Å². The van der Waals surface area contributed by atoms with Crippen molar-refractivity contribution in [1.82, 2.24) is 4.90 Å². The molecule has 21 heavy (non-hydrogen) atoms. The number of likely N-dealkylation sites (tertiary alicyclic amines) is 1. The fraction of sp³-hybridized carbons (Fsp3) is 0.500. The number of hydrogen-bond acceptors (Lipinski definition) is 1. The minimum atomic E-state index is 0.330. The van der Waals surface area contributed by atoms with Gasteiger partial charge in [-0.05, 0) is 55.8 Å². The van der Waals surface area contributed by atoms with Crippen molar-refractivity contribution in [3.05, 3.63) is 53.6 Å². The highest BCUT2D eigenvalue weighted by molar-refractivity contribution is 5.65. The van der Waals surface area contributed by atoms with Gasteiger partial charge in [0.2, 0.25) is 0 Å². The number of hydrogen-bond donors (Lipinski definition) is 0. The Labute approximate surface area is 128 Å². The van der Waals surface area contributed by atoms with Gasteiger partial charge in [0.1, 0.15) is 0 Å². The standard InChI is InChI=1S/C20H25N/c1-16-5-4-7-18(15-16)21-13-11-20(12-14-21)10-9-17-6-2-3-8-19(17)20/h2-4,6-10,16,18H,5,11-15H2,1H3. The second kappa shape index (κ2) is 5.14. The fourth-order valence-electron chi connectivity index (χ4n) is 4.45. The Kier molecular flexibility index (Phi) is 3.26. The zero-order chi connectivity index (χ0) is 14.3. The highest BCUT2D eigenvalue weighted by Crippen LogP contribution is 2.44. The van der Waals surface area contributed by atoms with Crippen LogP contribution in [0.1, 0.15) is 43.7 Å². The Morgan fingerprint density at radius 3 is 2.76 bits per heavy atom. The minimum Gasteiger partial charge on any atom is -0.297 e. The molecule has 0 amide bonds. The van der Waals surface area contributed by atoms with Crippen molar-refractivity contribution in [2.75, 3.05) is 13.1 Å². The summed E-state index contributed by atoms with van der Waals surface area (Å²) < 4.78 is 0. The van der Waals surface area contributed by atoms with Crippen LogP contribution in [-0.4, -0.2) is 24.0 Å². The van der Waals surface area contributed by atoms with Crippen LogP contribution in [0.4, 0.5) is 0 Å². The molecule has 1 nitrogen and oxygen atoms in total. The molecule has 1 heteroatoms. The summed E-state index contributed by atoms with van der Waals surface area (Å²) in [4.78, 5) is 2.71. The molecular formula is C20H25N. The van der Waals surface area contributed by atoms with Crippen LogP contribution in [0.25, 0.3) is 6.08 Å². The summed E-state index contributed by atoms with van der Waals surface area (Å²) in [6.45, 7) is 4.86. The van der Waals surface area contributed by atoms with Gasteiger partial charge in [0, 0.05) is 11.5 Å². The molecule has 2 atom stereocenters. The Morgan fingerprint density at radius 2 is 1.95 bits per heavy atom. The zero-order valence-electron chi connectivity index (χ0n) is 13.0. The SMILES string of the molecule is CC1CC=CC(N2CCC3(C=Cc4ccccc43)CC2)C1. The predicted octanol–water partition coefficient (Wildman–Crippen LogP) is 4.40. The van der Waals surface area contributed by atoms with Gasteiger partial charge in [-0.1, -0.05) is 55.5 Å². The third-order valence-corrected chi connectivity index (χ3v) is 5.78. The number of benzene rings is 1. The van der Waals surface area contributed by atoms with E-state index in [0.717, 1.165) is 5.92 Å². The van der Waals surface area contributed by atoms with Crippen LogP contribution in [0.5, 0.6) is 0 Å². The van der Waals surface area contributed by atoms with Gasteiger partial charge in [-0.15, -0.1) is 0 Å².